The van der Waals surface area contributed by atoms with Gasteiger partial charge in [0.1, 0.15) is 0 Å². The van der Waals surface area contributed by atoms with Gasteiger partial charge in [-0.2, -0.15) is 0 Å². The molecule has 2 aliphatic heterocycles. The lowest BCUT2D eigenvalue weighted by Crippen LogP contribution is -2.48. The van der Waals surface area contributed by atoms with Gasteiger partial charge in [-0.25, -0.2) is 0 Å². The molecule has 2 heterocycles. The number of rotatable bonds is 9. The number of morpholine rings is 1. The molecule has 2 rings (SSSR count). The van der Waals surface area contributed by atoms with E-state index in [2.05, 4.69) is 35.2 Å². The summed E-state index contributed by atoms with van der Waals surface area (Å²) in [7, 11) is 4.08. The Morgan fingerprint density at radius 2 is 2.13 bits per heavy atom. The van der Waals surface area contributed by atoms with E-state index in [0.717, 1.165) is 51.1 Å². The van der Waals surface area contributed by atoms with Crippen LogP contribution < -0.4 is 0 Å². The highest BCUT2D eigenvalue weighted by molar-refractivity contribution is 8.77. The van der Waals surface area contributed by atoms with Crippen molar-refractivity contribution in [2.24, 2.45) is 0 Å². The van der Waals surface area contributed by atoms with E-state index in [1.54, 1.807) is 0 Å². The van der Waals surface area contributed by atoms with Gasteiger partial charge in [0.2, 0.25) is 0 Å². The van der Waals surface area contributed by atoms with Crippen LogP contribution in [0.25, 0.3) is 0 Å². The van der Waals surface area contributed by atoms with Crippen molar-refractivity contribution in [1.82, 2.24) is 9.80 Å². The second-order valence-electron chi connectivity index (χ2n) is 6.40. The predicted octanol–water partition coefficient (Wildman–Crippen LogP) is 3.77. The quantitative estimate of drug-likeness (QED) is 0.375. The number of hydrogen-bond donors (Lipinski definition) is 1. The lowest BCUT2D eigenvalue weighted by atomic mass is 10.1. The minimum atomic E-state index is -0.0899. The van der Waals surface area contributed by atoms with E-state index in [4.69, 9.17) is 4.74 Å². The van der Waals surface area contributed by atoms with Crippen molar-refractivity contribution in [2.45, 2.75) is 50.3 Å². The molecule has 0 saturated carbocycles. The smallest absolute Gasteiger partial charge is 0.278 e. The Hall–Kier alpha value is 0.440. The number of unbranched alkanes of at least 4 members (excludes halogenated alkanes) is 2. The second-order valence-corrected chi connectivity index (χ2v) is 9.57. The van der Waals surface area contributed by atoms with E-state index in [1.807, 2.05) is 15.7 Å². The van der Waals surface area contributed by atoms with Gasteiger partial charge in [-0.1, -0.05) is 47.1 Å². The first-order valence-corrected chi connectivity index (χ1v) is 11.6. The largest absolute Gasteiger partial charge is 0.379 e. The van der Waals surface area contributed by atoms with Gasteiger partial charge in [-0.15, -0.1) is 0 Å². The molecule has 0 bridgehead atoms. The maximum Gasteiger partial charge on any atom is 0.278 e. The van der Waals surface area contributed by atoms with E-state index < -0.39 is 0 Å². The molecule has 2 aliphatic rings. The number of hydrogen-bond acceptors (Lipinski definition) is 5. The summed E-state index contributed by atoms with van der Waals surface area (Å²) < 4.78 is 5.40. The lowest BCUT2D eigenvalue weighted by Gasteiger charge is -2.35. The summed E-state index contributed by atoms with van der Waals surface area (Å²) >= 11 is 4.07. The Morgan fingerprint density at radius 3 is 2.78 bits per heavy atom. The van der Waals surface area contributed by atoms with Gasteiger partial charge in [-0.05, 0) is 26.2 Å². The SMILES string of the molecule is CC(CN(CCCCCC1CCSS1)C(=O)S)N1CCOCC1. The number of amides is 1. The van der Waals surface area contributed by atoms with Crippen LogP contribution in [0.2, 0.25) is 0 Å². The monoisotopic (exact) mass is 378 g/mol. The molecule has 0 aliphatic carbocycles. The molecule has 0 aromatic rings. The molecule has 23 heavy (non-hydrogen) atoms. The van der Waals surface area contributed by atoms with Gasteiger partial charge >= 0.3 is 0 Å². The van der Waals surface area contributed by atoms with Crippen LogP contribution in [-0.4, -0.2) is 71.5 Å². The Kier molecular flexibility index (Phi) is 9.56. The Morgan fingerprint density at radius 1 is 1.35 bits per heavy atom. The standard InChI is InChI=1S/C16H30N2O2S3/c1-14(17-8-10-20-11-9-17)13-18(16(19)21)7-4-2-3-5-15-6-12-22-23-15/h14-15H,2-13H2,1H3,(H,19,21). The van der Waals surface area contributed by atoms with Crippen molar-refractivity contribution in [3.05, 3.63) is 0 Å². The molecule has 134 valence electrons. The summed E-state index contributed by atoms with van der Waals surface area (Å²) in [6, 6.07) is 0.377. The van der Waals surface area contributed by atoms with Crippen molar-refractivity contribution in [2.75, 3.05) is 45.1 Å². The van der Waals surface area contributed by atoms with E-state index in [1.165, 1.54) is 31.4 Å². The Labute approximate surface area is 154 Å². The summed E-state index contributed by atoms with van der Waals surface area (Å²) in [4.78, 5) is 16.1. The van der Waals surface area contributed by atoms with Gasteiger partial charge in [0.05, 0.1) is 13.2 Å². The summed E-state index contributed by atoms with van der Waals surface area (Å²) in [5, 5.41) is 0.775. The molecule has 2 atom stereocenters. The summed E-state index contributed by atoms with van der Waals surface area (Å²) in [5.74, 6) is 1.32. The summed E-state index contributed by atoms with van der Waals surface area (Å²) in [5.41, 5.74) is 0. The van der Waals surface area contributed by atoms with Crippen LogP contribution in [-0.2, 0) is 4.74 Å². The van der Waals surface area contributed by atoms with Crippen LogP contribution >= 0.6 is 34.2 Å². The molecule has 0 aromatic heterocycles. The zero-order valence-corrected chi connectivity index (χ0v) is 16.6. The average Bonchev–Trinajstić information content (AvgIpc) is 3.07. The van der Waals surface area contributed by atoms with Crippen molar-refractivity contribution in [1.29, 1.82) is 0 Å². The van der Waals surface area contributed by atoms with Gasteiger partial charge in [-0.3, -0.25) is 9.69 Å². The lowest BCUT2D eigenvalue weighted by molar-refractivity contribution is 0.0155. The molecule has 2 fully saturated rings. The van der Waals surface area contributed by atoms with E-state index in [9.17, 15) is 4.79 Å². The van der Waals surface area contributed by atoms with Crippen molar-refractivity contribution in [3.63, 3.8) is 0 Å². The van der Waals surface area contributed by atoms with Gasteiger partial charge in [0, 0.05) is 43.2 Å². The molecule has 1 amide bonds. The molecule has 7 heteroatoms. The molecular formula is C16H30N2O2S3. The summed E-state index contributed by atoms with van der Waals surface area (Å²) in [6.07, 6.45) is 6.29. The molecule has 0 radical (unpaired) electrons. The third kappa shape index (κ3) is 7.46. The van der Waals surface area contributed by atoms with E-state index in [0.29, 0.717) is 6.04 Å². The fraction of sp³-hybridized carbons (Fsp3) is 0.938. The van der Waals surface area contributed by atoms with Crippen molar-refractivity contribution < 1.29 is 9.53 Å². The van der Waals surface area contributed by atoms with E-state index in [-0.39, 0.29) is 5.24 Å². The maximum absolute atomic E-state index is 11.8. The van der Waals surface area contributed by atoms with Crippen molar-refractivity contribution >= 4 is 39.5 Å². The van der Waals surface area contributed by atoms with Gasteiger partial charge in [0.25, 0.3) is 5.24 Å². The first-order valence-electron chi connectivity index (χ1n) is 8.74. The predicted molar refractivity (Wildman–Crippen MR) is 105 cm³/mol. The number of nitrogens with zero attached hydrogens (tertiary/aromatic N) is 2. The van der Waals surface area contributed by atoms with Gasteiger partial charge in [0.15, 0.2) is 0 Å². The van der Waals surface area contributed by atoms with Crippen LogP contribution in [0.4, 0.5) is 4.79 Å². The number of carbonyl (C=O) groups excluding carboxylic acids is 1. The van der Waals surface area contributed by atoms with Gasteiger partial charge < -0.3 is 9.64 Å². The Bertz CT molecular complexity index is 348. The molecule has 4 nitrogen and oxygen atoms in total. The number of carbonyl (C=O) groups is 1. The van der Waals surface area contributed by atoms with Crippen LogP contribution in [0.3, 0.4) is 0 Å². The normalized spacial score (nSPS) is 23.8. The molecule has 2 saturated heterocycles. The van der Waals surface area contributed by atoms with Crippen LogP contribution in [0, 0.1) is 0 Å². The van der Waals surface area contributed by atoms with Crippen LogP contribution in [0.5, 0.6) is 0 Å². The highest BCUT2D eigenvalue weighted by Gasteiger charge is 2.21. The molecule has 0 N–H and O–H groups in total. The fourth-order valence-corrected chi connectivity index (χ4v) is 6.34. The first-order chi connectivity index (χ1) is 11.2. The van der Waals surface area contributed by atoms with Crippen LogP contribution in [0.15, 0.2) is 0 Å². The minimum absolute atomic E-state index is 0.0899. The van der Waals surface area contributed by atoms with E-state index >= 15 is 0 Å². The molecular weight excluding hydrogens is 348 g/mol. The third-order valence-corrected chi connectivity index (χ3v) is 7.90. The average molecular weight is 379 g/mol. The topological polar surface area (TPSA) is 32.8 Å². The number of ether oxygens (including phenoxy) is 1. The first kappa shape index (κ1) is 19.8. The third-order valence-electron chi connectivity index (χ3n) is 4.61. The number of thiol groups is 1. The highest BCUT2D eigenvalue weighted by Crippen LogP contribution is 2.39. The zero-order valence-electron chi connectivity index (χ0n) is 14.1. The Balaban J connectivity index is 1.61. The zero-order chi connectivity index (χ0) is 16.5. The molecule has 0 spiro atoms. The highest BCUT2D eigenvalue weighted by atomic mass is 33.1. The minimum Gasteiger partial charge on any atom is -0.379 e. The maximum atomic E-state index is 11.8. The molecule has 0 aromatic carbocycles. The van der Waals surface area contributed by atoms with Crippen molar-refractivity contribution in [3.8, 4) is 0 Å². The fourth-order valence-electron chi connectivity index (χ4n) is 3.13. The van der Waals surface area contributed by atoms with Crippen LogP contribution in [0.1, 0.15) is 39.0 Å². The summed E-state index contributed by atoms with van der Waals surface area (Å²) in [6.45, 7) is 7.35. The second kappa shape index (κ2) is 11.1. The molecule has 2 unspecified atom stereocenters.